The van der Waals surface area contributed by atoms with Gasteiger partial charge in [-0.25, -0.2) is 9.97 Å². The molecule has 0 saturated carbocycles. The first-order chi connectivity index (χ1) is 10.9. The van der Waals surface area contributed by atoms with Crippen molar-refractivity contribution in [1.29, 1.82) is 0 Å². The summed E-state index contributed by atoms with van der Waals surface area (Å²) in [6.45, 7) is 3.73. The van der Waals surface area contributed by atoms with Crippen molar-refractivity contribution in [1.82, 2.24) is 20.2 Å². The molecule has 2 aliphatic rings. The van der Waals surface area contributed by atoms with Crippen LogP contribution in [0.1, 0.15) is 12.0 Å². The van der Waals surface area contributed by atoms with E-state index in [2.05, 4.69) is 15.3 Å². The van der Waals surface area contributed by atoms with E-state index in [0.717, 1.165) is 31.9 Å². The molecule has 1 N–H and O–H groups in total. The first-order valence-electron chi connectivity index (χ1n) is 7.59. The third kappa shape index (κ3) is 4.07. The molecule has 2 saturated heterocycles. The Balaban J connectivity index is 0.00000208. The molecular formula is C14H19ClF3N5O. The molecule has 1 aromatic heterocycles. The van der Waals surface area contributed by atoms with Gasteiger partial charge in [0.2, 0.25) is 11.9 Å². The first-order valence-corrected chi connectivity index (χ1v) is 7.59. The molecule has 1 amide bonds. The maximum atomic E-state index is 12.5. The number of hydrogen-bond acceptors (Lipinski definition) is 5. The number of nitrogens with one attached hydrogen (secondary N) is 1. The van der Waals surface area contributed by atoms with E-state index < -0.39 is 11.7 Å². The molecule has 0 aliphatic carbocycles. The summed E-state index contributed by atoms with van der Waals surface area (Å²) in [6.07, 6.45) is -1.98. The zero-order chi connectivity index (χ0) is 16.4. The molecular weight excluding hydrogens is 347 g/mol. The summed E-state index contributed by atoms with van der Waals surface area (Å²) < 4.78 is 37.5. The predicted octanol–water partition coefficient (Wildman–Crippen LogP) is 1.18. The summed E-state index contributed by atoms with van der Waals surface area (Å²) >= 11 is 0. The van der Waals surface area contributed by atoms with E-state index in [0.29, 0.717) is 26.2 Å². The topological polar surface area (TPSA) is 61.4 Å². The summed E-state index contributed by atoms with van der Waals surface area (Å²) in [5.41, 5.74) is -0.858. The number of carbonyl (C=O) groups excluding carboxylic acids is 1. The van der Waals surface area contributed by atoms with Crippen LogP contribution in [-0.4, -0.2) is 60.0 Å². The van der Waals surface area contributed by atoms with E-state index in [-0.39, 0.29) is 30.2 Å². The first kappa shape index (κ1) is 18.7. The number of nitrogens with zero attached hydrogens (tertiary/aromatic N) is 4. The number of amides is 1. The Labute approximate surface area is 143 Å². The molecule has 1 atom stereocenters. The molecule has 0 bridgehead atoms. The van der Waals surface area contributed by atoms with E-state index in [1.54, 1.807) is 4.90 Å². The number of alkyl halides is 3. The van der Waals surface area contributed by atoms with Crippen LogP contribution in [0.4, 0.5) is 19.1 Å². The van der Waals surface area contributed by atoms with Gasteiger partial charge in [-0.05, 0) is 13.0 Å². The van der Waals surface area contributed by atoms with Crippen LogP contribution in [0.25, 0.3) is 0 Å². The maximum absolute atomic E-state index is 12.5. The third-order valence-corrected chi connectivity index (χ3v) is 4.25. The quantitative estimate of drug-likeness (QED) is 0.852. The molecule has 0 spiro atoms. The molecule has 1 aromatic rings. The molecule has 1 unspecified atom stereocenters. The molecule has 2 aliphatic heterocycles. The van der Waals surface area contributed by atoms with Crippen molar-refractivity contribution in [3.8, 4) is 0 Å². The van der Waals surface area contributed by atoms with Gasteiger partial charge < -0.3 is 15.1 Å². The lowest BCUT2D eigenvalue weighted by atomic mass is 10.1. The summed E-state index contributed by atoms with van der Waals surface area (Å²) in [5.74, 6) is 0.472. The normalized spacial score (nSPS) is 21.5. The minimum Gasteiger partial charge on any atom is -0.339 e. The smallest absolute Gasteiger partial charge is 0.339 e. The Morgan fingerprint density at radius 2 is 1.79 bits per heavy atom. The highest BCUT2D eigenvalue weighted by Crippen LogP contribution is 2.28. The minimum atomic E-state index is -4.43. The predicted molar refractivity (Wildman–Crippen MR) is 84.1 cm³/mol. The lowest BCUT2D eigenvalue weighted by Gasteiger charge is -2.35. The summed E-state index contributed by atoms with van der Waals surface area (Å²) in [5, 5.41) is 3.17. The fourth-order valence-electron chi connectivity index (χ4n) is 2.88. The van der Waals surface area contributed by atoms with Crippen molar-refractivity contribution in [2.75, 3.05) is 44.2 Å². The van der Waals surface area contributed by atoms with Gasteiger partial charge in [0.25, 0.3) is 0 Å². The van der Waals surface area contributed by atoms with Gasteiger partial charge in [0.1, 0.15) is 0 Å². The maximum Gasteiger partial charge on any atom is 0.419 e. The van der Waals surface area contributed by atoms with Gasteiger partial charge in [0.05, 0.1) is 11.5 Å². The monoisotopic (exact) mass is 365 g/mol. The number of rotatable bonds is 2. The van der Waals surface area contributed by atoms with E-state index >= 15 is 0 Å². The Bertz CT molecular complexity index is 555. The minimum absolute atomic E-state index is 0. The van der Waals surface area contributed by atoms with Gasteiger partial charge in [-0.15, -0.1) is 12.4 Å². The van der Waals surface area contributed by atoms with Crippen LogP contribution in [0.15, 0.2) is 12.4 Å². The molecule has 0 radical (unpaired) electrons. The van der Waals surface area contributed by atoms with E-state index in [9.17, 15) is 18.0 Å². The zero-order valence-electron chi connectivity index (χ0n) is 12.9. The number of piperazine rings is 1. The lowest BCUT2D eigenvalue weighted by Crippen LogP contribution is -2.51. The standard InChI is InChI=1S/C14H18F3N5O.ClH/c15-14(16,17)11-8-19-13(20-9-11)22-5-3-21(4-6-22)12(23)10-1-2-18-7-10;/h8-10,18H,1-7H2;1H. The van der Waals surface area contributed by atoms with E-state index in [1.165, 1.54) is 0 Å². The molecule has 6 nitrogen and oxygen atoms in total. The van der Waals surface area contributed by atoms with Gasteiger partial charge in [-0.2, -0.15) is 13.2 Å². The number of anilines is 1. The molecule has 3 rings (SSSR count). The molecule has 3 heterocycles. The fraction of sp³-hybridized carbons (Fsp3) is 0.643. The Hall–Kier alpha value is -1.61. The molecule has 10 heteroatoms. The van der Waals surface area contributed by atoms with Crippen LogP contribution in [0.3, 0.4) is 0 Å². The van der Waals surface area contributed by atoms with Gasteiger partial charge in [0.15, 0.2) is 0 Å². The summed E-state index contributed by atoms with van der Waals surface area (Å²) in [4.78, 5) is 23.5. The second kappa shape index (κ2) is 7.52. The zero-order valence-corrected chi connectivity index (χ0v) is 13.7. The fourth-order valence-corrected chi connectivity index (χ4v) is 2.88. The van der Waals surface area contributed by atoms with Crippen LogP contribution in [0.2, 0.25) is 0 Å². The van der Waals surface area contributed by atoms with E-state index in [1.807, 2.05) is 4.90 Å². The number of carbonyl (C=O) groups is 1. The molecule has 0 aromatic carbocycles. The van der Waals surface area contributed by atoms with Crippen molar-refractivity contribution in [3.05, 3.63) is 18.0 Å². The van der Waals surface area contributed by atoms with Crippen LogP contribution in [-0.2, 0) is 11.0 Å². The second-order valence-electron chi connectivity index (χ2n) is 5.77. The van der Waals surface area contributed by atoms with Crippen LogP contribution in [0, 0.1) is 5.92 Å². The highest BCUT2D eigenvalue weighted by molar-refractivity contribution is 5.85. The van der Waals surface area contributed by atoms with Crippen molar-refractivity contribution in [2.24, 2.45) is 5.92 Å². The molecule has 24 heavy (non-hydrogen) atoms. The lowest BCUT2D eigenvalue weighted by molar-refractivity contribution is -0.138. The van der Waals surface area contributed by atoms with Crippen LogP contribution >= 0.6 is 12.4 Å². The van der Waals surface area contributed by atoms with Crippen molar-refractivity contribution < 1.29 is 18.0 Å². The highest BCUT2D eigenvalue weighted by atomic mass is 35.5. The number of hydrogen-bond donors (Lipinski definition) is 1. The second-order valence-corrected chi connectivity index (χ2v) is 5.77. The third-order valence-electron chi connectivity index (χ3n) is 4.25. The number of aromatic nitrogens is 2. The van der Waals surface area contributed by atoms with Gasteiger partial charge in [0, 0.05) is 45.1 Å². The Morgan fingerprint density at radius 3 is 2.29 bits per heavy atom. The van der Waals surface area contributed by atoms with Gasteiger partial charge >= 0.3 is 6.18 Å². The summed E-state index contributed by atoms with van der Waals surface area (Å²) in [7, 11) is 0. The van der Waals surface area contributed by atoms with E-state index in [4.69, 9.17) is 0 Å². The van der Waals surface area contributed by atoms with Gasteiger partial charge in [-0.3, -0.25) is 4.79 Å². The van der Waals surface area contributed by atoms with Crippen LogP contribution in [0.5, 0.6) is 0 Å². The Kier molecular flexibility index (Phi) is 5.87. The highest BCUT2D eigenvalue weighted by Gasteiger charge is 2.32. The largest absolute Gasteiger partial charge is 0.419 e. The van der Waals surface area contributed by atoms with Crippen LogP contribution < -0.4 is 10.2 Å². The number of halogens is 4. The molecule has 2 fully saturated rings. The molecule has 134 valence electrons. The Morgan fingerprint density at radius 1 is 1.17 bits per heavy atom. The average molecular weight is 366 g/mol. The van der Waals surface area contributed by atoms with Gasteiger partial charge in [-0.1, -0.05) is 0 Å². The average Bonchev–Trinajstić information content (AvgIpc) is 3.08. The van der Waals surface area contributed by atoms with Crippen molar-refractivity contribution >= 4 is 24.3 Å². The SMILES string of the molecule is Cl.O=C(C1CCNC1)N1CCN(c2ncc(C(F)(F)F)cn2)CC1. The van der Waals surface area contributed by atoms with Crippen molar-refractivity contribution in [3.63, 3.8) is 0 Å². The summed E-state index contributed by atoms with van der Waals surface area (Å²) in [6, 6.07) is 0. The van der Waals surface area contributed by atoms with Crippen molar-refractivity contribution in [2.45, 2.75) is 12.6 Å².